The molecule has 41 heavy (non-hydrogen) atoms. The minimum atomic E-state index is -0.490. The molecule has 1 aromatic heterocycles. The largest absolute Gasteiger partial charge is 0.474 e. The molecular weight excluding hydrogens is 520 g/mol. The van der Waals surface area contributed by atoms with Crippen molar-refractivity contribution in [1.29, 1.82) is 0 Å². The summed E-state index contributed by atoms with van der Waals surface area (Å²) in [6.07, 6.45) is 7.59. The fourth-order valence-corrected chi connectivity index (χ4v) is 6.97. The van der Waals surface area contributed by atoms with E-state index in [0.29, 0.717) is 25.6 Å². The van der Waals surface area contributed by atoms with Crippen LogP contribution >= 0.6 is 0 Å². The van der Waals surface area contributed by atoms with Crippen molar-refractivity contribution in [3.8, 4) is 5.88 Å². The number of fused-ring (bicyclic) bond motifs is 2. The maximum absolute atomic E-state index is 12.7. The number of hydrogen-bond acceptors (Lipinski definition) is 7. The summed E-state index contributed by atoms with van der Waals surface area (Å²) in [5.41, 5.74) is 1.87. The Morgan fingerprint density at radius 1 is 0.951 bits per heavy atom. The van der Waals surface area contributed by atoms with E-state index in [1.165, 1.54) is 0 Å². The van der Waals surface area contributed by atoms with Crippen LogP contribution in [0.15, 0.2) is 48.7 Å². The molecule has 0 radical (unpaired) electrons. The van der Waals surface area contributed by atoms with Gasteiger partial charge in [-0.1, -0.05) is 30.3 Å². The van der Waals surface area contributed by atoms with E-state index >= 15 is 0 Å². The number of aromatic nitrogens is 1. The number of nitrogens with zero attached hydrogens (tertiary/aromatic N) is 4. The summed E-state index contributed by atoms with van der Waals surface area (Å²) in [6.45, 7) is 8.84. The van der Waals surface area contributed by atoms with Crippen LogP contribution in [0.25, 0.3) is 0 Å². The number of ether oxygens (including phenoxy) is 3. The highest BCUT2D eigenvalue weighted by atomic mass is 16.6. The lowest BCUT2D eigenvalue weighted by molar-refractivity contribution is -0.0552. The minimum absolute atomic E-state index is 0.148. The van der Waals surface area contributed by atoms with Gasteiger partial charge in [0.2, 0.25) is 5.88 Å². The molecule has 1 spiro atoms. The molecule has 2 unspecified atom stereocenters. The maximum Gasteiger partial charge on any atom is 0.410 e. The van der Waals surface area contributed by atoms with Crippen molar-refractivity contribution in [2.24, 2.45) is 5.41 Å². The Kier molecular flexibility index (Phi) is 7.47. The molecule has 2 amide bonds. The zero-order valence-electron chi connectivity index (χ0n) is 24.5. The van der Waals surface area contributed by atoms with Gasteiger partial charge in [-0.3, -0.25) is 0 Å². The van der Waals surface area contributed by atoms with Gasteiger partial charge in [0, 0.05) is 56.2 Å². The molecule has 4 heterocycles. The first-order chi connectivity index (χ1) is 19.7. The molecule has 4 aliphatic rings. The van der Waals surface area contributed by atoms with Gasteiger partial charge in [-0.25, -0.2) is 14.6 Å². The lowest BCUT2D eigenvalue weighted by Crippen LogP contribution is -2.56. The minimum Gasteiger partial charge on any atom is -0.474 e. The predicted octanol–water partition coefficient (Wildman–Crippen LogP) is 5.63. The van der Waals surface area contributed by atoms with Crippen molar-refractivity contribution in [1.82, 2.24) is 14.8 Å². The fourth-order valence-electron chi connectivity index (χ4n) is 6.97. The molecule has 9 heteroatoms. The highest BCUT2D eigenvalue weighted by Gasteiger charge is 2.48. The third-order valence-electron chi connectivity index (χ3n) is 9.05. The summed E-state index contributed by atoms with van der Waals surface area (Å²) < 4.78 is 17.5. The number of anilines is 1. The van der Waals surface area contributed by atoms with Crippen LogP contribution in [0.3, 0.4) is 0 Å². The Hall–Kier alpha value is -3.49. The van der Waals surface area contributed by atoms with Crippen molar-refractivity contribution in [3.05, 3.63) is 54.2 Å². The van der Waals surface area contributed by atoms with Crippen LogP contribution in [0.1, 0.15) is 64.9 Å². The molecule has 4 fully saturated rings. The molecular formula is C32H42N4O5. The summed E-state index contributed by atoms with van der Waals surface area (Å²) >= 11 is 0. The van der Waals surface area contributed by atoms with Gasteiger partial charge in [0.25, 0.3) is 0 Å². The molecule has 2 aromatic rings. The number of likely N-dealkylation sites (tertiary alicyclic amines) is 2. The van der Waals surface area contributed by atoms with Gasteiger partial charge in [-0.2, -0.15) is 0 Å². The molecule has 3 saturated heterocycles. The van der Waals surface area contributed by atoms with Gasteiger partial charge in [-0.05, 0) is 76.3 Å². The SMILES string of the molecule is CC(C)(C)OC(=O)N1CC2CCC(C1)N2c1ccnc(OC2CC3(CCN(C(=O)OCc4ccccc4)CC3)C2)c1. The molecule has 220 valence electrons. The zero-order chi connectivity index (χ0) is 28.6. The highest BCUT2D eigenvalue weighted by Crippen LogP contribution is 2.50. The number of rotatable bonds is 5. The number of carbonyl (C=O) groups is 2. The molecule has 1 aliphatic carbocycles. The predicted molar refractivity (Wildman–Crippen MR) is 155 cm³/mol. The van der Waals surface area contributed by atoms with Crippen LogP contribution < -0.4 is 9.64 Å². The average Bonchev–Trinajstić information content (AvgIpc) is 3.20. The number of benzene rings is 1. The van der Waals surface area contributed by atoms with E-state index < -0.39 is 5.60 Å². The smallest absolute Gasteiger partial charge is 0.410 e. The van der Waals surface area contributed by atoms with Gasteiger partial charge < -0.3 is 28.9 Å². The molecule has 2 atom stereocenters. The number of piperidine rings is 1. The first-order valence-corrected chi connectivity index (χ1v) is 15.0. The van der Waals surface area contributed by atoms with E-state index in [4.69, 9.17) is 14.2 Å². The third-order valence-corrected chi connectivity index (χ3v) is 9.05. The number of carbonyl (C=O) groups excluding carboxylic acids is 2. The van der Waals surface area contributed by atoms with Crippen LogP contribution in [-0.2, 0) is 16.1 Å². The van der Waals surface area contributed by atoms with Crippen LogP contribution in [0.5, 0.6) is 5.88 Å². The molecule has 6 rings (SSSR count). The Labute approximate surface area is 242 Å². The fraction of sp³-hybridized carbons (Fsp3) is 0.594. The number of amides is 2. The van der Waals surface area contributed by atoms with Gasteiger partial charge in [0.15, 0.2) is 0 Å². The van der Waals surface area contributed by atoms with Gasteiger partial charge >= 0.3 is 12.2 Å². The second-order valence-corrected chi connectivity index (χ2v) is 13.2. The van der Waals surface area contributed by atoms with Crippen LogP contribution in [0.4, 0.5) is 15.3 Å². The van der Waals surface area contributed by atoms with Gasteiger partial charge in [-0.15, -0.1) is 0 Å². The van der Waals surface area contributed by atoms with E-state index in [-0.39, 0.29) is 35.8 Å². The first kappa shape index (κ1) is 27.7. The van der Waals surface area contributed by atoms with Crippen LogP contribution in [-0.4, -0.2) is 76.9 Å². The van der Waals surface area contributed by atoms with E-state index in [1.54, 1.807) is 0 Å². The molecule has 2 bridgehead atoms. The number of hydrogen-bond donors (Lipinski definition) is 0. The molecule has 1 aromatic carbocycles. The number of pyridine rings is 1. The van der Waals surface area contributed by atoms with Crippen molar-refractivity contribution in [3.63, 3.8) is 0 Å². The topological polar surface area (TPSA) is 84.4 Å². The van der Waals surface area contributed by atoms with Gasteiger partial charge in [0.1, 0.15) is 18.3 Å². The summed E-state index contributed by atoms with van der Waals surface area (Å²) in [6, 6.07) is 14.4. The molecule has 3 aliphatic heterocycles. The highest BCUT2D eigenvalue weighted by molar-refractivity contribution is 5.69. The monoisotopic (exact) mass is 562 g/mol. The van der Waals surface area contributed by atoms with E-state index in [1.807, 2.05) is 67.1 Å². The van der Waals surface area contributed by atoms with Crippen molar-refractivity contribution >= 4 is 17.9 Å². The van der Waals surface area contributed by atoms with E-state index in [9.17, 15) is 9.59 Å². The van der Waals surface area contributed by atoms with E-state index in [2.05, 4.69) is 22.0 Å². The van der Waals surface area contributed by atoms with Crippen LogP contribution in [0.2, 0.25) is 0 Å². The normalized spacial score (nSPS) is 23.7. The maximum atomic E-state index is 12.7. The molecule has 0 N–H and O–H groups in total. The quantitative estimate of drug-likeness (QED) is 0.467. The van der Waals surface area contributed by atoms with Crippen molar-refractivity contribution in [2.75, 3.05) is 31.1 Å². The van der Waals surface area contributed by atoms with Crippen molar-refractivity contribution in [2.45, 2.75) is 89.7 Å². The van der Waals surface area contributed by atoms with E-state index in [0.717, 1.165) is 62.9 Å². The molecule has 1 saturated carbocycles. The lowest BCUT2D eigenvalue weighted by atomic mass is 9.61. The summed E-state index contributed by atoms with van der Waals surface area (Å²) in [5, 5.41) is 0. The summed E-state index contributed by atoms with van der Waals surface area (Å²) in [5.74, 6) is 0.665. The Bertz CT molecular complexity index is 1220. The number of piperazine rings is 1. The first-order valence-electron chi connectivity index (χ1n) is 15.0. The van der Waals surface area contributed by atoms with Gasteiger partial charge in [0.05, 0.1) is 0 Å². The Balaban J connectivity index is 0.977. The standard InChI is InChI=1S/C32H42N4O5/c1-31(2,3)41-30(38)35-20-25-9-10-26(21-35)36(25)24-11-14-33-28(17-24)40-27-18-32(19-27)12-15-34(16-13-32)29(37)39-22-23-7-5-4-6-8-23/h4-8,11,14,17,25-27H,9-10,12-13,15-16,18-22H2,1-3H3. The molecule has 9 nitrogen and oxygen atoms in total. The average molecular weight is 563 g/mol. The zero-order valence-corrected chi connectivity index (χ0v) is 24.5. The second kappa shape index (κ2) is 11.1. The second-order valence-electron chi connectivity index (χ2n) is 13.2. The summed E-state index contributed by atoms with van der Waals surface area (Å²) in [4.78, 5) is 35.9. The summed E-state index contributed by atoms with van der Waals surface area (Å²) in [7, 11) is 0. The third kappa shape index (κ3) is 6.23. The lowest BCUT2D eigenvalue weighted by Gasteiger charge is -2.51. The van der Waals surface area contributed by atoms with Crippen LogP contribution in [0, 0.1) is 5.41 Å². The van der Waals surface area contributed by atoms with Crippen molar-refractivity contribution < 1.29 is 23.8 Å². The Morgan fingerprint density at radius 2 is 1.63 bits per heavy atom. The Morgan fingerprint density at radius 3 is 2.29 bits per heavy atom.